The molecule has 27 heavy (non-hydrogen) atoms. The second-order valence-electron chi connectivity index (χ2n) is 5.97. The summed E-state index contributed by atoms with van der Waals surface area (Å²) in [5.41, 5.74) is 7.17. The molecule has 0 heterocycles. The minimum atomic E-state index is -0.772. The number of hydrogen-bond donors (Lipinski definition) is 2. The normalized spacial score (nSPS) is 11.4. The molecular weight excluding hydrogens is 364 g/mol. The van der Waals surface area contributed by atoms with Crippen LogP contribution in [0.3, 0.4) is 0 Å². The molecule has 0 aromatic heterocycles. The molecule has 0 spiro atoms. The minimum Gasteiger partial charge on any atom is -0.496 e. The van der Waals surface area contributed by atoms with Crippen LogP contribution in [0.5, 0.6) is 11.5 Å². The van der Waals surface area contributed by atoms with Crippen LogP contribution in [-0.4, -0.2) is 31.3 Å². The first kappa shape index (κ1) is 20.6. The molecule has 0 saturated heterocycles. The largest absolute Gasteiger partial charge is 0.496 e. The van der Waals surface area contributed by atoms with Gasteiger partial charge in [0.15, 0.2) is 6.10 Å². The van der Waals surface area contributed by atoms with Gasteiger partial charge in [-0.25, -0.2) is 0 Å². The van der Waals surface area contributed by atoms with Crippen molar-refractivity contribution < 1.29 is 19.1 Å². The molecule has 0 bridgehead atoms. The molecule has 7 heteroatoms. The smallest absolute Gasteiger partial charge is 0.279 e. The average Bonchev–Trinajstić information content (AvgIpc) is 2.68. The van der Waals surface area contributed by atoms with Crippen molar-refractivity contribution in [2.75, 3.05) is 13.4 Å². The number of benzene rings is 2. The minimum absolute atomic E-state index is 0.332. The van der Waals surface area contributed by atoms with E-state index in [9.17, 15) is 9.59 Å². The number of methoxy groups -OCH3 is 1. The van der Waals surface area contributed by atoms with Gasteiger partial charge in [-0.15, -0.1) is 11.8 Å². The van der Waals surface area contributed by atoms with Crippen LogP contribution in [-0.2, 0) is 4.79 Å². The zero-order chi connectivity index (χ0) is 20.0. The van der Waals surface area contributed by atoms with Crippen LogP contribution in [0.2, 0.25) is 0 Å². The van der Waals surface area contributed by atoms with Crippen molar-refractivity contribution in [2.24, 2.45) is 0 Å². The lowest BCUT2D eigenvalue weighted by molar-refractivity contribution is -0.128. The number of carbonyl (C=O) groups excluding carboxylic acids is 2. The molecule has 144 valence electrons. The Hall–Kier alpha value is -2.67. The Bertz CT molecular complexity index is 839. The van der Waals surface area contributed by atoms with Crippen molar-refractivity contribution >= 4 is 23.6 Å². The van der Waals surface area contributed by atoms with Gasteiger partial charge in [-0.1, -0.05) is 12.1 Å². The summed E-state index contributed by atoms with van der Waals surface area (Å²) >= 11 is 1.55. The van der Waals surface area contributed by atoms with Crippen molar-refractivity contribution in [1.29, 1.82) is 0 Å². The van der Waals surface area contributed by atoms with Gasteiger partial charge in [0, 0.05) is 4.90 Å². The molecule has 0 aliphatic carbocycles. The molecule has 0 aliphatic rings. The second-order valence-corrected chi connectivity index (χ2v) is 6.85. The number of rotatable bonds is 6. The molecule has 2 aromatic rings. The molecule has 0 unspecified atom stereocenters. The van der Waals surface area contributed by atoms with E-state index in [1.54, 1.807) is 30.8 Å². The number of thioether (sulfide) groups is 1. The van der Waals surface area contributed by atoms with E-state index in [2.05, 4.69) is 10.9 Å². The zero-order valence-corrected chi connectivity index (χ0v) is 16.9. The summed E-state index contributed by atoms with van der Waals surface area (Å²) in [6, 6.07) is 10.9. The fourth-order valence-corrected chi connectivity index (χ4v) is 2.80. The third-order valence-electron chi connectivity index (χ3n) is 4.18. The first-order chi connectivity index (χ1) is 12.9. The van der Waals surface area contributed by atoms with E-state index in [-0.39, 0.29) is 0 Å². The summed E-state index contributed by atoms with van der Waals surface area (Å²) in [5.74, 6) is 0.155. The Kier molecular flexibility index (Phi) is 7.12. The number of carbonyl (C=O) groups is 2. The van der Waals surface area contributed by atoms with E-state index in [0.29, 0.717) is 17.1 Å². The third kappa shape index (κ3) is 5.17. The van der Waals surface area contributed by atoms with E-state index in [1.165, 1.54) is 7.11 Å². The lowest BCUT2D eigenvalue weighted by Gasteiger charge is -2.17. The molecule has 0 fully saturated rings. The van der Waals surface area contributed by atoms with Gasteiger partial charge in [-0.05, 0) is 62.4 Å². The summed E-state index contributed by atoms with van der Waals surface area (Å²) < 4.78 is 11.0. The Morgan fingerprint density at radius 3 is 2.48 bits per heavy atom. The Morgan fingerprint density at radius 2 is 1.81 bits per heavy atom. The first-order valence-electron chi connectivity index (χ1n) is 8.42. The molecule has 0 radical (unpaired) electrons. The van der Waals surface area contributed by atoms with E-state index in [4.69, 9.17) is 9.47 Å². The summed E-state index contributed by atoms with van der Waals surface area (Å²) in [5, 5.41) is 0. The molecule has 6 nitrogen and oxygen atoms in total. The van der Waals surface area contributed by atoms with Gasteiger partial charge >= 0.3 is 0 Å². The summed E-state index contributed by atoms with van der Waals surface area (Å²) in [4.78, 5) is 25.6. The highest BCUT2D eigenvalue weighted by molar-refractivity contribution is 7.98. The van der Waals surface area contributed by atoms with Gasteiger partial charge in [-0.3, -0.25) is 20.4 Å². The zero-order valence-electron chi connectivity index (χ0n) is 16.1. The van der Waals surface area contributed by atoms with Crippen molar-refractivity contribution in [2.45, 2.75) is 31.8 Å². The fourth-order valence-electron chi connectivity index (χ4n) is 2.37. The fraction of sp³-hybridized carbons (Fsp3) is 0.300. The molecule has 2 aromatic carbocycles. The SMILES string of the molecule is COc1cc(SC)ccc1C(=O)NNC(=O)[C@@H](C)Oc1cccc(C)c1C. The topological polar surface area (TPSA) is 76.7 Å². The van der Waals surface area contributed by atoms with E-state index < -0.39 is 17.9 Å². The first-order valence-corrected chi connectivity index (χ1v) is 9.65. The predicted molar refractivity (Wildman–Crippen MR) is 106 cm³/mol. The van der Waals surface area contributed by atoms with Crippen LogP contribution in [0, 0.1) is 13.8 Å². The lowest BCUT2D eigenvalue weighted by Crippen LogP contribution is -2.47. The molecular formula is C20H24N2O4S. The van der Waals surface area contributed by atoms with Gasteiger partial charge in [0.05, 0.1) is 12.7 Å². The Balaban J connectivity index is 1.98. The number of ether oxygens (including phenoxy) is 2. The quantitative estimate of drug-likeness (QED) is 0.587. The lowest BCUT2D eigenvalue weighted by atomic mass is 10.1. The predicted octanol–water partition coefficient (Wildman–Crippen LogP) is 3.26. The van der Waals surface area contributed by atoms with Crippen LogP contribution in [0.25, 0.3) is 0 Å². The molecule has 0 saturated carbocycles. The van der Waals surface area contributed by atoms with Crippen LogP contribution in [0.15, 0.2) is 41.3 Å². The van der Waals surface area contributed by atoms with Gasteiger partial charge < -0.3 is 9.47 Å². The van der Waals surface area contributed by atoms with Gasteiger partial charge in [0.25, 0.3) is 11.8 Å². The van der Waals surface area contributed by atoms with E-state index >= 15 is 0 Å². The summed E-state index contributed by atoms with van der Waals surface area (Å²) in [6.07, 6.45) is 1.16. The van der Waals surface area contributed by atoms with E-state index in [1.807, 2.05) is 44.4 Å². The Labute approximate surface area is 163 Å². The molecule has 1 atom stereocenters. The van der Waals surface area contributed by atoms with Crippen molar-refractivity contribution in [3.8, 4) is 11.5 Å². The van der Waals surface area contributed by atoms with Crippen molar-refractivity contribution in [3.05, 3.63) is 53.1 Å². The van der Waals surface area contributed by atoms with Crippen molar-refractivity contribution in [3.63, 3.8) is 0 Å². The molecule has 0 aliphatic heterocycles. The summed E-state index contributed by atoms with van der Waals surface area (Å²) in [6.45, 7) is 5.53. The number of amides is 2. The maximum absolute atomic E-state index is 12.4. The molecule has 2 N–H and O–H groups in total. The third-order valence-corrected chi connectivity index (χ3v) is 4.91. The Morgan fingerprint density at radius 1 is 1.07 bits per heavy atom. The van der Waals surface area contributed by atoms with Crippen LogP contribution in [0.4, 0.5) is 0 Å². The number of nitrogens with one attached hydrogen (secondary N) is 2. The highest BCUT2D eigenvalue weighted by Gasteiger charge is 2.18. The highest BCUT2D eigenvalue weighted by atomic mass is 32.2. The van der Waals surface area contributed by atoms with E-state index in [0.717, 1.165) is 16.0 Å². The molecule has 2 amide bonds. The number of hydrogen-bond acceptors (Lipinski definition) is 5. The number of aryl methyl sites for hydroxylation is 1. The van der Waals surface area contributed by atoms with Crippen molar-refractivity contribution in [1.82, 2.24) is 10.9 Å². The second kappa shape index (κ2) is 9.32. The van der Waals surface area contributed by atoms with Gasteiger partial charge in [0.1, 0.15) is 11.5 Å². The number of hydrazine groups is 1. The monoisotopic (exact) mass is 388 g/mol. The van der Waals surface area contributed by atoms with Crippen LogP contribution < -0.4 is 20.3 Å². The van der Waals surface area contributed by atoms with Crippen LogP contribution >= 0.6 is 11.8 Å². The van der Waals surface area contributed by atoms with Gasteiger partial charge in [0.2, 0.25) is 0 Å². The standard InChI is InChI=1S/C20H24N2O4S/c1-12-7-6-8-17(13(12)2)26-14(3)19(23)21-22-20(24)16-10-9-15(27-5)11-18(16)25-4/h6-11,14H,1-5H3,(H,21,23)(H,22,24)/t14-/m1/s1. The summed E-state index contributed by atoms with van der Waals surface area (Å²) in [7, 11) is 1.49. The van der Waals surface area contributed by atoms with Gasteiger partial charge in [-0.2, -0.15) is 0 Å². The maximum atomic E-state index is 12.4. The molecule has 2 rings (SSSR count). The van der Waals surface area contributed by atoms with Crippen LogP contribution in [0.1, 0.15) is 28.4 Å². The highest BCUT2D eigenvalue weighted by Crippen LogP contribution is 2.25. The maximum Gasteiger partial charge on any atom is 0.279 e. The average molecular weight is 388 g/mol.